The van der Waals surface area contributed by atoms with Gasteiger partial charge in [0.2, 0.25) is 0 Å². The molecule has 2 aromatic rings. The standard InChI is InChI=1S/C10H11BrN4/c11-9-6-14-15(7-9)10(4-12)8-2-1-3-13-5-8/h1-3,5-7,10H,4,12H2. The van der Waals surface area contributed by atoms with Gasteiger partial charge in [-0.25, -0.2) is 0 Å². The number of aromatic nitrogens is 3. The summed E-state index contributed by atoms with van der Waals surface area (Å²) in [6, 6.07) is 3.95. The maximum Gasteiger partial charge on any atom is 0.0905 e. The monoisotopic (exact) mass is 266 g/mol. The first-order valence-corrected chi connectivity index (χ1v) is 5.40. The molecule has 0 radical (unpaired) electrons. The second kappa shape index (κ2) is 4.55. The van der Waals surface area contributed by atoms with E-state index in [9.17, 15) is 0 Å². The van der Waals surface area contributed by atoms with Gasteiger partial charge in [0.25, 0.3) is 0 Å². The maximum atomic E-state index is 5.74. The molecule has 0 spiro atoms. The van der Waals surface area contributed by atoms with E-state index < -0.39 is 0 Å². The fourth-order valence-corrected chi connectivity index (χ4v) is 1.76. The Balaban J connectivity index is 2.33. The van der Waals surface area contributed by atoms with Gasteiger partial charge < -0.3 is 5.73 Å². The summed E-state index contributed by atoms with van der Waals surface area (Å²) in [5.41, 5.74) is 6.81. The van der Waals surface area contributed by atoms with Gasteiger partial charge in [0, 0.05) is 25.1 Å². The van der Waals surface area contributed by atoms with Gasteiger partial charge in [-0.1, -0.05) is 6.07 Å². The molecule has 1 atom stereocenters. The Morgan fingerprint density at radius 2 is 2.33 bits per heavy atom. The van der Waals surface area contributed by atoms with E-state index in [1.807, 2.05) is 29.2 Å². The minimum absolute atomic E-state index is 0.0463. The molecule has 2 rings (SSSR count). The SMILES string of the molecule is NCC(c1cccnc1)n1cc(Br)cn1. The van der Waals surface area contributed by atoms with Gasteiger partial charge in [0.05, 0.1) is 16.7 Å². The van der Waals surface area contributed by atoms with E-state index in [2.05, 4.69) is 26.0 Å². The van der Waals surface area contributed by atoms with E-state index in [0.717, 1.165) is 10.0 Å². The van der Waals surface area contributed by atoms with Crippen LogP contribution in [-0.2, 0) is 0 Å². The molecule has 0 saturated heterocycles. The molecule has 4 nitrogen and oxygen atoms in total. The highest BCUT2D eigenvalue weighted by Gasteiger charge is 2.12. The number of nitrogens with zero attached hydrogens (tertiary/aromatic N) is 3. The van der Waals surface area contributed by atoms with Crippen molar-refractivity contribution in [3.05, 3.63) is 47.0 Å². The average Bonchev–Trinajstić information content (AvgIpc) is 2.68. The molecule has 0 aromatic carbocycles. The zero-order valence-corrected chi connectivity index (χ0v) is 9.63. The molecule has 2 aromatic heterocycles. The Bertz CT molecular complexity index is 426. The van der Waals surface area contributed by atoms with Crippen LogP contribution in [0.3, 0.4) is 0 Å². The van der Waals surface area contributed by atoms with E-state index in [-0.39, 0.29) is 6.04 Å². The highest BCUT2D eigenvalue weighted by molar-refractivity contribution is 9.10. The minimum Gasteiger partial charge on any atom is -0.328 e. The lowest BCUT2D eigenvalue weighted by Gasteiger charge is -2.14. The summed E-state index contributed by atoms with van der Waals surface area (Å²) in [7, 11) is 0. The van der Waals surface area contributed by atoms with Crippen LogP contribution in [0.15, 0.2) is 41.4 Å². The lowest BCUT2D eigenvalue weighted by Crippen LogP contribution is -2.20. The van der Waals surface area contributed by atoms with E-state index >= 15 is 0 Å². The quantitative estimate of drug-likeness (QED) is 0.918. The largest absolute Gasteiger partial charge is 0.328 e. The highest BCUT2D eigenvalue weighted by atomic mass is 79.9. The number of halogens is 1. The van der Waals surface area contributed by atoms with Gasteiger partial charge in [-0.15, -0.1) is 0 Å². The van der Waals surface area contributed by atoms with Crippen molar-refractivity contribution in [3.63, 3.8) is 0 Å². The second-order valence-electron chi connectivity index (χ2n) is 3.18. The van der Waals surface area contributed by atoms with Crippen LogP contribution in [0, 0.1) is 0 Å². The molecular formula is C10H11BrN4. The van der Waals surface area contributed by atoms with Gasteiger partial charge in [-0.2, -0.15) is 5.10 Å². The maximum absolute atomic E-state index is 5.74. The zero-order chi connectivity index (χ0) is 10.7. The molecular weight excluding hydrogens is 256 g/mol. The number of hydrogen-bond acceptors (Lipinski definition) is 3. The fourth-order valence-electron chi connectivity index (χ4n) is 1.46. The van der Waals surface area contributed by atoms with Crippen molar-refractivity contribution in [2.75, 3.05) is 6.54 Å². The van der Waals surface area contributed by atoms with Crippen LogP contribution in [0.5, 0.6) is 0 Å². The van der Waals surface area contributed by atoms with Crippen molar-refractivity contribution in [1.29, 1.82) is 0 Å². The van der Waals surface area contributed by atoms with Crippen LogP contribution in [0.2, 0.25) is 0 Å². The molecule has 0 aliphatic carbocycles. The van der Waals surface area contributed by atoms with Gasteiger partial charge >= 0.3 is 0 Å². The Morgan fingerprint density at radius 1 is 1.47 bits per heavy atom. The highest BCUT2D eigenvalue weighted by Crippen LogP contribution is 2.17. The van der Waals surface area contributed by atoms with E-state index in [0.29, 0.717) is 6.54 Å². The summed E-state index contributed by atoms with van der Waals surface area (Å²) in [6.07, 6.45) is 7.22. The summed E-state index contributed by atoms with van der Waals surface area (Å²) in [4.78, 5) is 4.08. The normalized spacial score (nSPS) is 12.7. The number of pyridine rings is 1. The summed E-state index contributed by atoms with van der Waals surface area (Å²) >= 11 is 3.36. The topological polar surface area (TPSA) is 56.7 Å². The Kier molecular flexibility index (Phi) is 3.13. The van der Waals surface area contributed by atoms with Crippen molar-refractivity contribution < 1.29 is 0 Å². The molecule has 2 N–H and O–H groups in total. The van der Waals surface area contributed by atoms with Crippen molar-refractivity contribution in [2.24, 2.45) is 5.73 Å². The molecule has 0 aliphatic heterocycles. The summed E-state index contributed by atoms with van der Waals surface area (Å²) in [5.74, 6) is 0. The molecule has 0 aliphatic rings. The first-order chi connectivity index (χ1) is 7.31. The lowest BCUT2D eigenvalue weighted by molar-refractivity contribution is 0.530. The Hall–Kier alpha value is -1.20. The third-order valence-electron chi connectivity index (χ3n) is 2.18. The molecule has 5 heteroatoms. The smallest absolute Gasteiger partial charge is 0.0905 e. The van der Waals surface area contributed by atoms with Crippen LogP contribution < -0.4 is 5.73 Å². The van der Waals surface area contributed by atoms with Crippen LogP contribution in [0.25, 0.3) is 0 Å². The van der Waals surface area contributed by atoms with Gasteiger partial charge in [-0.05, 0) is 27.6 Å². The average molecular weight is 267 g/mol. The fraction of sp³-hybridized carbons (Fsp3) is 0.200. The summed E-state index contributed by atoms with van der Waals surface area (Å²) < 4.78 is 2.78. The summed E-state index contributed by atoms with van der Waals surface area (Å²) in [6.45, 7) is 0.500. The lowest BCUT2D eigenvalue weighted by atomic mass is 10.1. The second-order valence-corrected chi connectivity index (χ2v) is 4.09. The van der Waals surface area contributed by atoms with Crippen molar-refractivity contribution in [3.8, 4) is 0 Å². The van der Waals surface area contributed by atoms with E-state index in [4.69, 9.17) is 5.73 Å². The summed E-state index contributed by atoms with van der Waals surface area (Å²) in [5, 5.41) is 4.23. The predicted octanol–water partition coefficient (Wildman–Crippen LogP) is 1.59. The van der Waals surface area contributed by atoms with Gasteiger partial charge in [0.15, 0.2) is 0 Å². The molecule has 15 heavy (non-hydrogen) atoms. The van der Waals surface area contributed by atoms with Crippen molar-refractivity contribution >= 4 is 15.9 Å². The minimum atomic E-state index is 0.0463. The van der Waals surface area contributed by atoms with E-state index in [1.165, 1.54) is 0 Å². The third kappa shape index (κ3) is 2.24. The molecule has 0 saturated carbocycles. The number of rotatable bonds is 3. The van der Waals surface area contributed by atoms with Crippen molar-refractivity contribution in [1.82, 2.24) is 14.8 Å². The predicted molar refractivity (Wildman–Crippen MR) is 61.4 cm³/mol. The molecule has 78 valence electrons. The third-order valence-corrected chi connectivity index (χ3v) is 2.59. The van der Waals surface area contributed by atoms with Crippen LogP contribution in [-0.4, -0.2) is 21.3 Å². The van der Waals surface area contributed by atoms with Gasteiger partial charge in [-0.3, -0.25) is 9.67 Å². The first-order valence-electron chi connectivity index (χ1n) is 4.61. The molecule has 1 unspecified atom stereocenters. The van der Waals surface area contributed by atoms with Crippen LogP contribution >= 0.6 is 15.9 Å². The van der Waals surface area contributed by atoms with Gasteiger partial charge in [0.1, 0.15) is 0 Å². The first kappa shape index (κ1) is 10.3. The molecule has 0 bridgehead atoms. The Morgan fingerprint density at radius 3 is 2.87 bits per heavy atom. The van der Waals surface area contributed by atoms with Crippen LogP contribution in [0.1, 0.15) is 11.6 Å². The van der Waals surface area contributed by atoms with Crippen molar-refractivity contribution in [2.45, 2.75) is 6.04 Å². The molecule has 0 fully saturated rings. The number of nitrogens with two attached hydrogens (primary N) is 1. The molecule has 2 heterocycles. The molecule has 0 amide bonds. The zero-order valence-electron chi connectivity index (χ0n) is 8.05. The van der Waals surface area contributed by atoms with E-state index in [1.54, 1.807) is 12.4 Å². The van der Waals surface area contributed by atoms with Crippen LogP contribution in [0.4, 0.5) is 0 Å². The Labute approximate surface area is 96.3 Å². The number of hydrogen-bond donors (Lipinski definition) is 1.